The van der Waals surface area contributed by atoms with Gasteiger partial charge in [-0.25, -0.2) is 0 Å². The number of hydrogen-bond donors (Lipinski definition) is 10. The van der Waals surface area contributed by atoms with Crippen LogP contribution in [0.1, 0.15) is 15.9 Å². The van der Waals surface area contributed by atoms with E-state index in [2.05, 4.69) is 0 Å². The molecule has 10 atom stereocenters. The molecule has 0 bridgehead atoms. The normalized spacial score (nSPS) is 33.5. The Hall–Kier alpha value is -3.35. The van der Waals surface area contributed by atoms with Gasteiger partial charge in [0.25, 0.3) is 0 Å². The van der Waals surface area contributed by atoms with Gasteiger partial charge in [0.1, 0.15) is 77.4 Å². The van der Waals surface area contributed by atoms with E-state index in [1.165, 1.54) is 30.3 Å². The molecule has 0 spiro atoms. The summed E-state index contributed by atoms with van der Waals surface area (Å²) in [7, 11) is 0. The van der Waals surface area contributed by atoms with Gasteiger partial charge in [0.2, 0.25) is 6.29 Å². The fourth-order valence-corrected chi connectivity index (χ4v) is 4.44. The molecule has 15 heteroatoms. The Labute approximate surface area is 238 Å². The van der Waals surface area contributed by atoms with Crippen LogP contribution in [-0.2, 0) is 14.2 Å². The Morgan fingerprint density at radius 3 is 2.00 bits per heavy atom. The van der Waals surface area contributed by atoms with Gasteiger partial charge in [-0.15, -0.1) is 0 Å². The fraction of sp³-hybridized carbons (Fsp3) is 0.444. The van der Waals surface area contributed by atoms with Crippen molar-refractivity contribution in [1.29, 1.82) is 0 Å². The number of aliphatic hydroxyl groups excluding tert-OH is 7. The molecule has 2 heterocycles. The van der Waals surface area contributed by atoms with E-state index in [-0.39, 0.29) is 5.75 Å². The van der Waals surface area contributed by atoms with Crippen LogP contribution in [0.15, 0.2) is 42.5 Å². The third-order valence-corrected chi connectivity index (χ3v) is 6.82. The summed E-state index contributed by atoms with van der Waals surface area (Å²) >= 11 is 0. The fourth-order valence-electron chi connectivity index (χ4n) is 4.44. The number of ether oxygens (including phenoxy) is 4. The van der Waals surface area contributed by atoms with Gasteiger partial charge in [-0.1, -0.05) is 18.2 Å². The van der Waals surface area contributed by atoms with Crippen molar-refractivity contribution in [1.82, 2.24) is 0 Å². The maximum Gasteiger partial charge on any atom is 0.229 e. The molecule has 42 heavy (non-hydrogen) atoms. The maximum absolute atomic E-state index is 13.0. The molecule has 0 saturated carbocycles. The number of carbonyl (C=O) groups is 1. The molecule has 2 saturated heterocycles. The van der Waals surface area contributed by atoms with Gasteiger partial charge in [0.15, 0.2) is 12.1 Å². The van der Waals surface area contributed by atoms with Crippen molar-refractivity contribution in [3.05, 3.63) is 53.6 Å². The molecule has 0 aromatic heterocycles. The van der Waals surface area contributed by atoms with Crippen LogP contribution in [0.5, 0.6) is 23.0 Å². The quantitative estimate of drug-likeness (QED) is 0.108. The van der Waals surface area contributed by atoms with Gasteiger partial charge in [0.05, 0.1) is 13.2 Å². The van der Waals surface area contributed by atoms with Crippen LogP contribution in [0, 0.1) is 0 Å². The lowest BCUT2D eigenvalue weighted by atomic mass is 9.98. The minimum atomic E-state index is -1.90. The highest BCUT2D eigenvalue weighted by Gasteiger charge is 2.48. The number of ketones is 1. The van der Waals surface area contributed by atoms with E-state index in [0.29, 0.717) is 5.56 Å². The molecule has 2 aliphatic rings. The lowest BCUT2D eigenvalue weighted by Crippen LogP contribution is -2.62. The lowest BCUT2D eigenvalue weighted by Gasteiger charge is -2.42. The first-order valence-corrected chi connectivity index (χ1v) is 12.8. The van der Waals surface area contributed by atoms with Crippen LogP contribution in [0.25, 0.3) is 6.08 Å². The average Bonchev–Trinajstić information content (AvgIpc) is 2.95. The Kier molecular flexibility index (Phi) is 10.0. The lowest BCUT2D eigenvalue weighted by molar-refractivity contribution is -0.323. The van der Waals surface area contributed by atoms with Gasteiger partial charge >= 0.3 is 0 Å². The first-order valence-electron chi connectivity index (χ1n) is 12.8. The number of allylic oxidation sites excluding steroid dienone is 1. The summed E-state index contributed by atoms with van der Waals surface area (Å²) in [6.07, 6.45) is -14.3. The number of rotatable bonds is 9. The zero-order valence-electron chi connectivity index (χ0n) is 21.8. The molecule has 2 fully saturated rings. The molecule has 0 radical (unpaired) electrons. The number of hydrogen-bond acceptors (Lipinski definition) is 15. The van der Waals surface area contributed by atoms with Gasteiger partial charge < -0.3 is 70.0 Å². The minimum Gasteiger partial charge on any atom is -0.508 e. The second-order valence-corrected chi connectivity index (χ2v) is 9.79. The summed E-state index contributed by atoms with van der Waals surface area (Å²) in [6, 6.07) is 7.68. The van der Waals surface area contributed by atoms with Crippen molar-refractivity contribution in [2.24, 2.45) is 0 Å². The molecular weight excluding hydrogens is 564 g/mol. The van der Waals surface area contributed by atoms with Crippen LogP contribution >= 0.6 is 0 Å². The van der Waals surface area contributed by atoms with Gasteiger partial charge in [-0.3, -0.25) is 4.79 Å². The first kappa shape index (κ1) is 31.6. The molecule has 2 aromatic rings. The van der Waals surface area contributed by atoms with Crippen LogP contribution in [0.4, 0.5) is 0 Å². The van der Waals surface area contributed by atoms with Gasteiger partial charge in [-0.2, -0.15) is 0 Å². The summed E-state index contributed by atoms with van der Waals surface area (Å²) in [4.78, 5) is 13.0. The highest BCUT2D eigenvalue weighted by Crippen LogP contribution is 2.36. The van der Waals surface area contributed by atoms with E-state index in [0.717, 1.165) is 18.2 Å². The Bertz CT molecular complexity index is 1250. The van der Waals surface area contributed by atoms with Crippen LogP contribution < -0.4 is 4.74 Å². The first-order chi connectivity index (χ1) is 19.9. The van der Waals surface area contributed by atoms with Crippen molar-refractivity contribution in [3.63, 3.8) is 0 Å². The number of carbonyl (C=O) groups excluding carboxylic acids is 1. The van der Waals surface area contributed by atoms with E-state index in [1.807, 2.05) is 0 Å². The third-order valence-electron chi connectivity index (χ3n) is 6.82. The highest BCUT2D eigenvalue weighted by molar-refractivity contribution is 6.10. The largest absolute Gasteiger partial charge is 0.508 e. The molecular formula is C27H32O15. The number of phenols is 3. The van der Waals surface area contributed by atoms with E-state index in [4.69, 9.17) is 18.9 Å². The van der Waals surface area contributed by atoms with Crippen molar-refractivity contribution in [2.75, 3.05) is 13.2 Å². The van der Waals surface area contributed by atoms with Gasteiger partial charge in [-0.05, 0) is 23.8 Å². The second-order valence-electron chi connectivity index (χ2n) is 9.79. The highest BCUT2D eigenvalue weighted by atomic mass is 16.7. The smallest absolute Gasteiger partial charge is 0.229 e. The average molecular weight is 597 g/mol. The minimum absolute atomic E-state index is 0.0144. The summed E-state index contributed by atoms with van der Waals surface area (Å²) in [5.41, 5.74) is 0.0978. The summed E-state index contributed by atoms with van der Waals surface area (Å²) in [6.45, 7) is -1.34. The maximum atomic E-state index is 13.0. The molecule has 10 N–H and O–H groups in total. The van der Waals surface area contributed by atoms with Crippen LogP contribution in [0.2, 0.25) is 0 Å². The standard InChI is InChI=1S/C27H32O15/c28-9-17-20(33)22(35)24(37)26(41-17)39-10-18-21(34)23(36)25(38)27(42-18)40-16-8-13(30)7-15(32)19(16)14(31)6-3-11-1-4-12(29)5-2-11/h1-8,17-18,20-30,32-38H,9-10H2/b6-3+/t17-,18-,20-,21-,22+,23+,24-,25-,26-,27-/m1/s1. The van der Waals surface area contributed by atoms with Crippen molar-refractivity contribution in [2.45, 2.75) is 61.4 Å². The molecule has 2 aliphatic heterocycles. The summed E-state index contributed by atoms with van der Waals surface area (Å²) in [5, 5.41) is 101. The second kappa shape index (κ2) is 13.3. The molecule has 0 unspecified atom stereocenters. The molecule has 0 aliphatic carbocycles. The van der Waals surface area contributed by atoms with E-state index in [1.54, 1.807) is 0 Å². The predicted octanol–water partition coefficient (Wildman–Crippen LogP) is -2.30. The van der Waals surface area contributed by atoms with Crippen molar-refractivity contribution in [3.8, 4) is 23.0 Å². The number of benzene rings is 2. The monoisotopic (exact) mass is 596 g/mol. The van der Waals surface area contributed by atoms with E-state index < -0.39 is 103 Å². The summed E-state index contributed by atoms with van der Waals surface area (Å²) < 4.78 is 21.7. The van der Waals surface area contributed by atoms with E-state index in [9.17, 15) is 55.9 Å². The van der Waals surface area contributed by atoms with Gasteiger partial charge in [0, 0.05) is 12.1 Å². The SMILES string of the molecule is O=C(/C=C/c1ccc(O)cc1)c1c(O)cc(O)cc1O[C@@H]1O[C@H](CO[C@@H]2O[C@H](CO)[C@@H](O)[C@H](O)[C@H]2O)[C@@H](O)[C@H](O)[C@H]1O. The summed E-state index contributed by atoms with van der Waals surface area (Å²) in [5.74, 6) is -2.42. The third kappa shape index (κ3) is 6.82. The Balaban J connectivity index is 1.51. The zero-order valence-corrected chi connectivity index (χ0v) is 21.8. The molecule has 230 valence electrons. The number of aromatic hydroxyl groups is 3. The molecule has 0 amide bonds. The predicted molar refractivity (Wildman–Crippen MR) is 138 cm³/mol. The number of phenolic OH excluding ortho intramolecular Hbond substituents is 3. The topological polar surface area (TPSA) is 256 Å². The number of aliphatic hydroxyl groups is 7. The zero-order chi connectivity index (χ0) is 30.7. The molecule has 4 rings (SSSR count). The van der Waals surface area contributed by atoms with Crippen LogP contribution in [0.3, 0.4) is 0 Å². The Morgan fingerprint density at radius 1 is 0.762 bits per heavy atom. The Morgan fingerprint density at radius 2 is 1.36 bits per heavy atom. The van der Waals surface area contributed by atoms with Crippen LogP contribution in [-0.4, -0.2) is 131 Å². The van der Waals surface area contributed by atoms with Crippen molar-refractivity contribution < 1.29 is 74.8 Å². The molecule has 15 nitrogen and oxygen atoms in total. The van der Waals surface area contributed by atoms with E-state index >= 15 is 0 Å². The molecule has 2 aromatic carbocycles. The van der Waals surface area contributed by atoms with Crippen molar-refractivity contribution >= 4 is 11.9 Å².